The molecular formula is C16H18FNO2S2. The van der Waals surface area contributed by atoms with Gasteiger partial charge in [0.2, 0.25) is 10.0 Å². The third-order valence-corrected chi connectivity index (χ3v) is 6.83. The van der Waals surface area contributed by atoms with Crippen molar-refractivity contribution in [3.63, 3.8) is 0 Å². The molecule has 0 saturated heterocycles. The highest BCUT2D eigenvalue weighted by Crippen LogP contribution is 2.42. The summed E-state index contributed by atoms with van der Waals surface area (Å²) in [7, 11) is -3.68. The average Bonchev–Trinajstić information content (AvgIpc) is 3.17. The number of hydrogen-bond acceptors (Lipinski definition) is 3. The van der Waals surface area contributed by atoms with E-state index in [1.54, 1.807) is 11.3 Å². The van der Waals surface area contributed by atoms with E-state index in [1.807, 2.05) is 11.4 Å². The minimum atomic E-state index is -3.68. The molecule has 3 nitrogen and oxygen atoms in total. The van der Waals surface area contributed by atoms with Crippen molar-refractivity contribution in [2.45, 2.75) is 36.0 Å². The standard InChI is InChI=1S/C16H18FNO2S2/c17-13-5-3-6-14(11-13)22(19,20)18-12-16(8-1-2-9-16)15-7-4-10-21-15/h3-7,10-11,18H,1-2,8-9,12H2. The molecule has 0 aliphatic heterocycles. The highest BCUT2D eigenvalue weighted by atomic mass is 32.2. The maximum absolute atomic E-state index is 13.2. The second kappa shape index (κ2) is 6.10. The van der Waals surface area contributed by atoms with Crippen molar-refractivity contribution in [1.82, 2.24) is 4.72 Å². The first kappa shape index (κ1) is 15.6. The molecule has 2 aromatic rings. The van der Waals surface area contributed by atoms with E-state index in [0.717, 1.165) is 31.7 Å². The van der Waals surface area contributed by atoms with Gasteiger partial charge in [-0.15, -0.1) is 11.3 Å². The van der Waals surface area contributed by atoms with Crippen LogP contribution in [0.3, 0.4) is 0 Å². The largest absolute Gasteiger partial charge is 0.240 e. The maximum atomic E-state index is 13.2. The minimum Gasteiger partial charge on any atom is -0.210 e. The molecular weight excluding hydrogens is 321 g/mol. The smallest absolute Gasteiger partial charge is 0.210 e. The highest BCUT2D eigenvalue weighted by Gasteiger charge is 2.37. The van der Waals surface area contributed by atoms with E-state index in [9.17, 15) is 12.8 Å². The zero-order valence-electron chi connectivity index (χ0n) is 12.1. The molecule has 1 aliphatic carbocycles. The molecule has 1 N–H and O–H groups in total. The summed E-state index contributed by atoms with van der Waals surface area (Å²) in [6, 6.07) is 9.19. The molecule has 118 valence electrons. The molecule has 1 fully saturated rings. The van der Waals surface area contributed by atoms with Crippen LogP contribution in [0.15, 0.2) is 46.7 Å². The van der Waals surface area contributed by atoms with Gasteiger partial charge in [-0.2, -0.15) is 0 Å². The van der Waals surface area contributed by atoms with Gasteiger partial charge in [-0.25, -0.2) is 17.5 Å². The Balaban J connectivity index is 1.81. The van der Waals surface area contributed by atoms with Crippen LogP contribution in [-0.4, -0.2) is 15.0 Å². The van der Waals surface area contributed by atoms with Crippen molar-refractivity contribution >= 4 is 21.4 Å². The van der Waals surface area contributed by atoms with E-state index in [0.29, 0.717) is 6.54 Å². The van der Waals surface area contributed by atoms with E-state index in [4.69, 9.17) is 0 Å². The van der Waals surface area contributed by atoms with E-state index in [-0.39, 0.29) is 10.3 Å². The second-order valence-corrected chi connectivity index (χ2v) is 8.46. The van der Waals surface area contributed by atoms with E-state index in [1.165, 1.54) is 23.1 Å². The summed E-state index contributed by atoms with van der Waals surface area (Å²) in [5.41, 5.74) is -0.117. The van der Waals surface area contributed by atoms with Gasteiger partial charge in [-0.3, -0.25) is 0 Å². The third kappa shape index (κ3) is 3.09. The summed E-state index contributed by atoms with van der Waals surface area (Å²) in [4.78, 5) is 1.21. The molecule has 0 amide bonds. The Morgan fingerprint density at radius 3 is 2.59 bits per heavy atom. The molecule has 0 unspecified atom stereocenters. The molecule has 1 saturated carbocycles. The van der Waals surface area contributed by atoms with Gasteiger partial charge in [0.1, 0.15) is 5.82 Å². The Bertz CT molecular complexity index is 735. The number of halogens is 1. The van der Waals surface area contributed by atoms with Crippen LogP contribution >= 0.6 is 11.3 Å². The minimum absolute atomic E-state index is 0.0215. The zero-order valence-corrected chi connectivity index (χ0v) is 13.7. The lowest BCUT2D eigenvalue weighted by Crippen LogP contribution is -2.38. The van der Waals surface area contributed by atoms with Gasteiger partial charge >= 0.3 is 0 Å². The normalized spacial score (nSPS) is 17.7. The predicted molar refractivity (Wildman–Crippen MR) is 86.1 cm³/mol. The summed E-state index contributed by atoms with van der Waals surface area (Å²) in [5.74, 6) is -0.545. The number of benzene rings is 1. The Kier molecular flexibility index (Phi) is 4.34. The predicted octanol–water partition coefficient (Wildman–Crippen LogP) is 3.68. The number of thiophene rings is 1. The van der Waals surface area contributed by atoms with Crippen molar-refractivity contribution in [3.8, 4) is 0 Å². The number of rotatable bonds is 5. The number of nitrogens with one attached hydrogen (secondary N) is 1. The summed E-state index contributed by atoms with van der Waals surface area (Å²) < 4.78 is 40.7. The van der Waals surface area contributed by atoms with Gasteiger partial charge in [0.25, 0.3) is 0 Å². The van der Waals surface area contributed by atoms with Crippen LogP contribution in [0.1, 0.15) is 30.6 Å². The molecule has 1 aromatic carbocycles. The van der Waals surface area contributed by atoms with Gasteiger partial charge < -0.3 is 0 Å². The molecule has 0 radical (unpaired) electrons. The first-order chi connectivity index (χ1) is 10.5. The van der Waals surface area contributed by atoms with Crippen LogP contribution in [-0.2, 0) is 15.4 Å². The van der Waals surface area contributed by atoms with Crippen molar-refractivity contribution in [2.24, 2.45) is 0 Å². The summed E-state index contributed by atoms with van der Waals surface area (Å²) in [5, 5.41) is 2.02. The summed E-state index contributed by atoms with van der Waals surface area (Å²) in [6.07, 6.45) is 4.19. The van der Waals surface area contributed by atoms with Crippen LogP contribution in [0.2, 0.25) is 0 Å². The molecule has 22 heavy (non-hydrogen) atoms. The van der Waals surface area contributed by atoms with E-state index >= 15 is 0 Å². The summed E-state index contributed by atoms with van der Waals surface area (Å²) in [6.45, 7) is 0.367. The third-order valence-electron chi connectivity index (χ3n) is 4.31. The van der Waals surface area contributed by atoms with Crippen LogP contribution in [0, 0.1) is 5.82 Å². The van der Waals surface area contributed by atoms with Crippen LogP contribution < -0.4 is 4.72 Å². The maximum Gasteiger partial charge on any atom is 0.240 e. The molecule has 1 aliphatic rings. The highest BCUT2D eigenvalue weighted by molar-refractivity contribution is 7.89. The molecule has 3 rings (SSSR count). The van der Waals surface area contributed by atoms with Gasteiger partial charge in [0.05, 0.1) is 4.90 Å². The Morgan fingerprint density at radius 2 is 1.95 bits per heavy atom. The number of sulfonamides is 1. The van der Waals surface area contributed by atoms with Crippen LogP contribution in [0.4, 0.5) is 4.39 Å². The lowest BCUT2D eigenvalue weighted by molar-refractivity contribution is 0.440. The fourth-order valence-electron chi connectivity index (χ4n) is 3.09. The molecule has 1 heterocycles. The van der Waals surface area contributed by atoms with Crippen molar-refractivity contribution in [2.75, 3.05) is 6.54 Å². The molecule has 0 spiro atoms. The average molecular weight is 339 g/mol. The SMILES string of the molecule is O=S(=O)(NCC1(c2cccs2)CCCC1)c1cccc(F)c1. The number of hydrogen-bond donors (Lipinski definition) is 1. The fraction of sp³-hybridized carbons (Fsp3) is 0.375. The molecule has 6 heteroatoms. The Labute approximate surface area is 134 Å². The van der Waals surface area contributed by atoms with Crippen LogP contribution in [0.5, 0.6) is 0 Å². The topological polar surface area (TPSA) is 46.2 Å². The fourth-order valence-corrected chi connectivity index (χ4v) is 5.24. The van der Waals surface area contributed by atoms with Gasteiger partial charge in [0, 0.05) is 16.8 Å². The van der Waals surface area contributed by atoms with Gasteiger partial charge in [-0.05, 0) is 42.5 Å². The van der Waals surface area contributed by atoms with Crippen molar-refractivity contribution in [3.05, 3.63) is 52.5 Å². The molecule has 0 bridgehead atoms. The lowest BCUT2D eigenvalue weighted by atomic mass is 9.85. The first-order valence-electron chi connectivity index (χ1n) is 7.31. The lowest BCUT2D eigenvalue weighted by Gasteiger charge is -2.28. The van der Waals surface area contributed by atoms with E-state index < -0.39 is 15.8 Å². The van der Waals surface area contributed by atoms with Crippen molar-refractivity contribution in [1.29, 1.82) is 0 Å². The monoisotopic (exact) mass is 339 g/mol. The van der Waals surface area contributed by atoms with E-state index in [2.05, 4.69) is 10.8 Å². The molecule has 0 atom stereocenters. The van der Waals surface area contributed by atoms with Crippen molar-refractivity contribution < 1.29 is 12.8 Å². The van der Waals surface area contributed by atoms with Gasteiger partial charge in [-0.1, -0.05) is 25.0 Å². The first-order valence-corrected chi connectivity index (χ1v) is 9.67. The Hall–Kier alpha value is -1.24. The zero-order chi connectivity index (χ0) is 15.6. The quantitative estimate of drug-likeness (QED) is 0.903. The van der Waals surface area contributed by atoms with Gasteiger partial charge in [0.15, 0.2) is 0 Å². The Morgan fingerprint density at radius 1 is 1.18 bits per heavy atom. The van der Waals surface area contributed by atoms with Crippen LogP contribution in [0.25, 0.3) is 0 Å². The second-order valence-electron chi connectivity index (χ2n) is 5.75. The summed E-state index contributed by atoms with van der Waals surface area (Å²) >= 11 is 1.67. The molecule has 1 aromatic heterocycles.